The van der Waals surface area contributed by atoms with E-state index < -0.39 is 10.0 Å². The van der Waals surface area contributed by atoms with Crippen molar-refractivity contribution in [2.45, 2.75) is 49.8 Å². The summed E-state index contributed by atoms with van der Waals surface area (Å²) in [5.74, 6) is 0. The first-order chi connectivity index (χ1) is 11.4. The summed E-state index contributed by atoms with van der Waals surface area (Å²) in [7, 11) is -3.44. The van der Waals surface area contributed by atoms with Crippen molar-refractivity contribution in [2.75, 3.05) is 26.2 Å². The third kappa shape index (κ3) is 4.02. The molecule has 3 unspecified atom stereocenters. The summed E-state index contributed by atoms with van der Waals surface area (Å²) in [5, 5.41) is 0. The number of morpholine rings is 1. The lowest BCUT2D eigenvalue weighted by atomic mass is 10.1. The Morgan fingerprint density at radius 1 is 1.25 bits per heavy atom. The largest absolute Gasteiger partial charge is 0.373 e. The minimum Gasteiger partial charge on any atom is -0.373 e. The van der Waals surface area contributed by atoms with E-state index in [4.69, 9.17) is 4.74 Å². The number of ether oxygens (including phenoxy) is 1. The number of nitrogens with zero attached hydrogens (tertiary/aromatic N) is 2. The second kappa shape index (κ2) is 7.41. The van der Waals surface area contributed by atoms with Gasteiger partial charge in [0.05, 0.1) is 17.1 Å². The lowest BCUT2D eigenvalue weighted by Crippen LogP contribution is -2.50. The lowest BCUT2D eigenvalue weighted by Gasteiger charge is -2.38. The van der Waals surface area contributed by atoms with Crippen molar-refractivity contribution >= 4 is 26.0 Å². The highest BCUT2D eigenvalue weighted by atomic mass is 79.9. The van der Waals surface area contributed by atoms with Crippen LogP contribution in [0.3, 0.4) is 0 Å². The predicted molar refractivity (Wildman–Crippen MR) is 97.5 cm³/mol. The molecule has 0 aromatic heterocycles. The van der Waals surface area contributed by atoms with Crippen LogP contribution in [0.25, 0.3) is 0 Å². The highest BCUT2D eigenvalue weighted by Crippen LogP contribution is 2.28. The smallest absolute Gasteiger partial charge is 0.243 e. The van der Waals surface area contributed by atoms with Gasteiger partial charge >= 0.3 is 0 Å². The number of benzene rings is 1. The van der Waals surface area contributed by atoms with E-state index in [1.807, 2.05) is 6.07 Å². The molecule has 2 aliphatic heterocycles. The van der Waals surface area contributed by atoms with Gasteiger partial charge in [0, 0.05) is 36.7 Å². The Hall–Kier alpha value is -0.470. The molecule has 0 aliphatic carbocycles. The monoisotopic (exact) mass is 416 g/mol. The maximum absolute atomic E-state index is 13.0. The Bertz CT molecular complexity index is 672. The molecule has 2 fully saturated rings. The molecular formula is C17H25BrN2O3S. The van der Waals surface area contributed by atoms with Crippen LogP contribution in [0.5, 0.6) is 0 Å². The first kappa shape index (κ1) is 18.3. The van der Waals surface area contributed by atoms with Crippen molar-refractivity contribution < 1.29 is 13.2 Å². The second-order valence-electron chi connectivity index (χ2n) is 6.85. The van der Waals surface area contributed by atoms with Gasteiger partial charge < -0.3 is 4.74 Å². The fraction of sp³-hybridized carbons (Fsp3) is 0.647. The van der Waals surface area contributed by atoms with E-state index in [9.17, 15) is 8.42 Å². The maximum Gasteiger partial charge on any atom is 0.243 e. The zero-order valence-corrected chi connectivity index (χ0v) is 16.6. The van der Waals surface area contributed by atoms with Crippen LogP contribution in [-0.2, 0) is 14.8 Å². The molecule has 0 radical (unpaired) electrons. The van der Waals surface area contributed by atoms with Crippen LogP contribution in [0.15, 0.2) is 33.6 Å². The summed E-state index contributed by atoms with van der Waals surface area (Å²) < 4.78 is 34.3. The molecule has 5 nitrogen and oxygen atoms in total. The third-order valence-corrected chi connectivity index (χ3v) is 7.13. The van der Waals surface area contributed by atoms with Crippen molar-refractivity contribution in [1.82, 2.24) is 9.21 Å². The molecule has 2 heterocycles. The predicted octanol–water partition coefficient (Wildman–Crippen LogP) is 2.71. The van der Waals surface area contributed by atoms with E-state index in [2.05, 4.69) is 34.7 Å². The van der Waals surface area contributed by atoms with Gasteiger partial charge in [-0.15, -0.1) is 0 Å². The number of hydrogen-bond donors (Lipinski definition) is 0. The van der Waals surface area contributed by atoms with Crippen LogP contribution in [0.2, 0.25) is 0 Å². The zero-order valence-electron chi connectivity index (χ0n) is 14.2. The van der Waals surface area contributed by atoms with Gasteiger partial charge in [-0.25, -0.2) is 8.42 Å². The number of sulfonamides is 1. The molecular weight excluding hydrogens is 392 g/mol. The molecule has 1 aromatic rings. The van der Waals surface area contributed by atoms with Crippen LogP contribution >= 0.6 is 15.9 Å². The number of hydrogen-bond acceptors (Lipinski definition) is 4. The van der Waals surface area contributed by atoms with Crippen molar-refractivity contribution in [3.8, 4) is 0 Å². The molecule has 7 heteroatoms. The van der Waals surface area contributed by atoms with E-state index in [0.29, 0.717) is 11.4 Å². The normalized spacial score (nSPS) is 29.9. The van der Waals surface area contributed by atoms with Gasteiger partial charge in [0.2, 0.25) is 10.0 Å². The molecule has 3 rings (SSSR count). The van der Waals surface area contributed by atoms with Crippen molar-refractivity contribution in [3.63, 3.8) is 0 Å². The van der Waals surface area contributed by atoms with Crippen molar-refractivity contribution in [1.29, 1.82) is 0 Å². The van der Waals surface area contributed by atoms with E-state index in [1.165, 1.54) is 0 Å². The molecule has 2 saturated heterocycles. The number of halogens is 1. The molecule has 0 bridgehead atoms. The Balaban J connectivity index is 1.75. The summed E-state index contributed by atoms with van der Waals surface area (Å²) in [6.07, 6.45) is 2.25. The highest BCUT2D eigenvalue weighted by Gasteiger charge is 2.37. The van der Waals surface area contributed by atoms with E-state index in [1.54, 1.807) is 22.5 Å². The topological polar surface area (TPSA) is 49.9 Å². The summed E-state index contributed by atoms with van der Waals surface area (Å²) >= 11 is 3.37. The fourth-order valence-electron chi connectivity index (χ4n) is 3.80. The standard InChI is InChI=1S/C17H25BrN2O3S/c1-13-10-19(11-14(2)23-13)12-16-6-4-8-20(16)24(21,22)17-7-3-5-15(18)9-17/h3,5,7,9,13-14,16H,4,6,8,10-12H2,1-2H3. The Morgan fingerprint density at radius 2 is 1.96 bits per heavy atom. The van der Waals surface area contributed by atoms with Crippen LogP contribution in [0, 0.1) is 0 Å². The average molecular weight is 417 g/mol. The fourth-order valence-corrected chi connectivity index (χ4v) is 6.08. The minimum absolute atomic E-state index is 0.0477. The van der Waals surface area contributed by atoms with Gasteiger partial charge in [-0.3, -0.25) is 4.90 Å². The van der Waals surface area contributed by atoms with Crippen LogP contribution in [-0.4, -0.2) is 62.1 Å². The van der Waals surface area contributed by atoms with Gasteiger partial charge in [0.1, 0.15) is 0 Å². The van der Waals surface area contributed by atoms with Gasteiger partial charge in [-0.1, -0.05) is 22.0 Å². The lowest BCUT2D eigenvalue weighted by molar-refractivity contribution is -0.0707. The molecule has 24 heavy (non-hydrogen) atoms. The van der Waals surface area contributed by atoms with Gasteiger partial charge in [0.15, 0.2) is 0 Å². The van der Waals surface area contributed by atoms with Crippen LogP contribution in [0.4, 0.5) is 0 Å². The Labute approximate surface area is 153 Å². The summed E-state index contributed by atoms with van der Waals surface area (Å²) in [5.41, 5.74) is 0. The summed E-state index contributed by atoms with van der Waals surface area (Å²) in [6, 6.07) is 7.02. The van der Waals surface area contributed by atoms with Crippen LogP contribution < -0.4 is 0 Å². The summed E-state index contributed by atoms with van der Waals surface area (Å²) in [6.45, 7) is 7.28. The molecule has 1 aromatic carbocycles. The summed E-state index contributed by atoms with van der Waals surface area (Å²) in [4.78, 5) is 2.71. The SMILES string of the molecule is CC1CN(CC2CCCN2S(=O)(=O)c2cccc(Br)c2)CC(C)O1. The first-order valence-electron chi connectivity index (χ1n) is 8.51. The third-order valence-electron chi connectivity index (χ3n) is 4.69. The molecule has 134 valence electrons. The number of rotatable bonds is 4. The quantitative estimate of drug-likeness (QED) is 0.756. The Kier molecular flexibility index (Phi) is 5.66. The molecule has 0 N–H and O–H groups in total. The van der Waals surface area contributed by atoms with Gasteiger partial charge in [-0.2, -0.15) is 4.31 Å². The molecule has 0 spiro atoms. The zero-order chi connectivity index (χ0) is 17.3. The molecule has 0 amide bonds. The second-order valence-corrected chi connectivity index (χ2v) is 9.65. The first-order valence-corrected chi connectivity index (χ1v) is 10.7. The minimum atomic E-state index is -3.44. The van der Waals surface area contributed by atoms with E-state index in [0.717, 1.165) is 36.9 Å². The van der Waals surface area contributed by atoms with Gasteiger partial charge in [0.25, 0.3) is 0 Å². The maximum atomic E-state index is 13.0. The van der Waals surface area contributed by atoms with E-state index >= 15 is 0 Å². The van der Waals surface area contributed by atoms with Crippen molar-refractivity contribution in [3.05, 3.63) is 28.7 Å². The van der Waals surface area contributed by atoms with Crippen LogP contribution in [0.1, 0.15) is 26.7 Å². The molecule has 0 saturated carbocycles. The van der Waals surface area contributed by atoms with Gasteiger partial charge in [-0.05, 0) is 44.9 Å². The van der Waals surface area contributed by atoms with E-state index in [-0.39, 0.29) is 18.2 Å². The molecule has 2 aliphatic rings. The molecule has 3 atom stereocenters. The highest BCUT2D eigenvalue weighted by molar-refractivity contribution is 9.10. The van der Waals surface area contributed by atoms with Crippen molar-refractivity contribution in [2.24, 2.45) is 0 Å². The average Bonchev–Trinajstić information content (AvgIpc) is 2.95. The Morgan fingerprint density at radius 3 is 2.62 bits per heavy atom.